The van der Waals surface area contributed by atoms with Gasteiger partial charge in [-0.3, -0.25) is 0 Å². The predicted molar refractivity (Wildman–Crippen MR) is 87.8 cm³/mol. The van der Waals surface area contributed by atoms with Gasteiger partial charge in [-0.25, -0.2) is 4.79 Å². The Morgan fingerprint density at radius 2 is 2.04 bits per heavy atom. The average molecular weight is 328 g/mol. The molecule has 0 N–H and O–H groups in total. The number of ether oxygens (including phenoxy) is 1. The van der Waals surface area contributed by atoms with E-state index in [0.29, 0.717) is 17.2 Å². The highest BCUT2D eigenvalue weighted by atomic mass is 32.1. The zero-order valence-corrected chi connectivity index (χ0v) is 13.7. The van der Waals surface area contributed by atoms with E-state index < -0.39 is 0 Å². The minimum atomic E-state index is -0.354. The smallest absolute Gasteiger partial charge is 0.341 e. The van der Waals surface area contributed by atoms with Gasteiger partial charge in [-0.15, -0.1) is 16.4 Å². The van der Waals surface area contributed by atoms with Crippen LogP contribution in [0.2, 0.25) is 0 Å². The summed E-state index contributed by atoms with van der Waals surface area (Å²) in [5.74, 6) is -0.354. The van der Waals surface area contributed by atoms with Gasteiger partial charge in [-0.2, -0.15) is 4.68 Å². The van der Waals surface area contributed by atoms with E-state index in [0.717, 1.165) is 22.4 Å². The van der Waals surface area contributed by atoms with Gasteiger partial charge in [-0.05, 0) is 29.3 Å². The van der Waals surface area contributed by atoms with Crippen LogP contribution in [0.5, 0.6) is 0 Å². The molecule has 0 saturated carbocycles. The molecule has 0 atom stereocenters. The lowest BCUT2D eigenvalue weighted by Gasteiger charge is -2.08. The lowest BCUT2D eigenvalue weighted by molar-refractivity contribution is 0.0527. The fourth-order valence-electron chi connectivity index (χ4n) is 2.43. The molecule has 0 unspecified atom stereocenters. The molecular formula is C16H16N4O2S. The van der Waals surface area contributed by atoms with Gasteiger partial charge in [0.05, 0.1) is 6.61 Å². The monoisotopic (exact) mass is 328 g/mol. The first-order valence-corrected chi connectivity index (χ1v) is 8.19. The first kappa shape index (κ1) is 15.4. The first-order valence-electron chi connectivity index (χ1n) is 7.37. The molecule has 0 aliphatic heterocycles. The standard InChI is InChI=1S/C16H16N4O2S/c1-3-12-13(11-8-6-5-7-9-11)14(16(21)22-4-2)15(23-12)20-10-17-18-19-20/h5-10H,3-4H2,1-2H3. The van der Waals surface area contributed by atoms with E-state index in [4.69, 9.17) is 4.74 Å². The van der Waals surface area contributed by atoms with Crippen LogP contribution in [0.15, 0.2) is 36.7 Å². The highest BCUT2D eigenvalue weighted by Gasteiger charge is 2.26. The molecule has 6 nitrogen and oxygen atoms in total. The summed E-state index contributed by atoms with van der Waals surface area (Å²) in [6.07, 6.45) is 2.30. The van der Waals surface area contributed by atoms with Gasteiger partial charge >= 0.3 is 5.97 Å². The number of hydrogen-bond donors (Lipinski definition) is 0. The molecular weight excluding hydrogens is 312 g/mol. The summed E-state index contributed by atoms with van der Waals surface area (Å²) in [7, 11) is 0. The Hall–Kier alpha value is -2.54. The molecule has 0 amide bonds. The van der Waals surface area contributed by atoms with Gasteiger partial charge in [0.15, 0.2) is 0 Å². The number of benzene rings is 1. The molecule has 0 bridgehead atoms. The number of carbonyl (C=O) groups excluding carboxylic acids is 1. The van der Waals surface area contributed by atoms with Crippen molar-refractivity contribution in [3.05, 3.63) is 47.1 Å². The van der Waals surface area contributed by atoms with Crippen molar-refractivity contribution in [1.82, 2.24) is 20.2 Å². The topological polar surface area (TPSA) is 69.9 Å². The van der Waals surface area contributed by atoms with Crippen molar-refractivity contribution in [1.29, 1.82) is 0 Å². The normalized spacial score (nSPS) is 10.7. The molecule has 3 aromatic rings. The molecule has 3 rings (SSSR count). The SMILES string of the molecule is CCOC(=O)c1c(-n2cnnn2)sc(CC)c1-c1ccccc1. The second kappa shape index (κ2) is 6.70. The maximum Gasteiger partial charge on any atom is 0.341 e. The van der Waals surface area contributed by atoms with Crippen LogP contribution >= 0.6 is 11.3 Å². The number of thiophene rings is 1. The Morgan fingerprint density at radius 1 is 1.26 bits per heavy atom. The number of tetrazole rings is 1. The molecule has 23 heavy (non-hydrogen) atoms. The van der Waals surface area contributed by atoms with Crippen LogP contribution in [0, 0.1) is 0 Å². The molecule has 2 aromatic heterocycles. The van der Waals surface area contributed by atoms with Crippen LogP contribution in [0.1, 0.15) is 29.1 Å². The molecule has 1 aromatic carbocycles. The third-order valence-electron chi connectivity index (χ3n) is 3.38. The van der Waals surface area contributed by atoms with Crippen molar-refractivity contribution < 1.29 is 9.53 Å². The Kier molecular flexibility index (Phi) is 4.47. The van der Waals surface area contributed by atoms with Crippen molar-refractivity contribution >= 4 is 17.3 Å². The minimum Gasteiger partial charge on any atom is -0.462 e. The predicted octanol–water partition coefficient (Wildman–Crippen LogP) is 3.13. The van der Waals surface area contributed by atoms with E-state index in [-0.39, 0.29) is 5.97 Å². The van der Waals surface area contributed by atoms with E-state index in [2.05, 4.69) is 22.4 Å². The highest BCUT2D eigenvalue weighted by Crippen LogP contribution is 2.39. The summed E-state index contributed by atoms with van der Waals surface area (Å²) in [6.45, 7) is 4.18. The van der Waals surface area contributed by atoms with Crippen LogP contribution < -0.4 is 0 Å². The van der Waals surface area contributed by atoms with E-state index in [9.17, 15) is 4.79 Å². The fourth-order valence-corrected chi connectivity index (χ4v) is 3.60. The van der Waals surface area contributed by atoms with Crippen LogP contribution in [-0.2, 0) is 11.2 Å². The second-order valence-corrected chi connectivity index (χ2v) is 5.86. The summed E-state index contributed by atoms with van der Waals surface area (Å²) >= 11 is 1.51. The molecule has 7 heteroatoms. The maximum atomic E-state index is 12.6. The number of rotatable bonds is 5. The number of aromatic nitrogens is 4. The fraction of sp³-hybridized carbons (Fsp3) is 0.250. The number of nitrogens with zero attached hydrogens (tertiary/aromatic N) is 4. The van der Waals surface area contributed by atoms with E-state index in [1.54, 1.807) is 6.92 Å². The molecule has 0 aliphatic carbocycles. The zero-order valence-electron chi connectivity index (χ0n) is 12.9. The summed E-state index contributed by atoms with van der Waals surface area (Å²) in [6, 6.07) is 9.85. The van der Waals surface area contributed by atoms with Crippen molar-refractivity contribution in [3.8, 4) is 16.1 Å². The van der Waals surface area contributed by atoms with Gasteiger partial charge in [0, 0.05) is 10.4 Å². The van der Waals surface area contributed by atoms with Crippen molar-refractivity contribution in [2.45, 2.75) is 20.3 Å². The number of carbonyl (C=O) groups is 1. The minimum absolute atomic E-state index is 0.319. The van der Waals surface area contributed by atoms with E-state index in [1.165, 1.54) is 22.3 Å². The Morgan fingerprint density at radius 3 is 2.65 bits per heavy atom. The second-order valence-electron chi connectivity index (χ2n) is 4.77. The van der Waals surface area contributed by atoms with Gasteiger partial charge in [0.1, 0.15) is 16.9 Å². The maximum absolute atomic E-state index is 12.6. The molecule has 0 saturated heterocycles. The molecule has 0 fully saturated rings. The van der Waals surface area contributed by atoms with Gasteiger partial charge < -0.3 is 4.74 Å². The van der Waals surface area contributed by atoms with E-state index in [1.807, 2.05) is 30.3 Å². The van der Waals surface area contributed by atoms with E-state index >= 15 is 0 Å². The van der Waals surface area contributed by atoms with Gasteiger partial charge in [0.2, 0.25) is 0 Å². The molecule has 0 spiro atoms. The van der Waals surface area contributed by atoms with Crippen LogP contribution in [0.4, 0.5) is 0 Å². The Balaban J connectivity index is 2.26. The summed E-state index contributed by atoms with van der Waals surface area (Å²) < 4.78 is 6.79. The molecule has 118 valence electrons. The Bertz CT molecular complexity index is 797. The van der Waals surface area contributed by atoms with Crippen LogP contribution in [0.3, 0.4) is 0 Å². The average Bonchev–Trinajstić information content (AvgIpc) is 3.22. The van der Waals surface area contributed by atoms with Gasteiger partial charge in [0.25, 0.3) is 0 Å². The number of aryl methyl sites for hydroxylation is 1. The third-order valence-corrected chi connectivity index (χ3v) is 4.71. The van der Waals surface area contributed by atoms with Crippen LogP contribution in [-0.4, -0.2) is 32.8 Å². The third kappa shape index (κ3) is 2.87. The number of hydrogen-bond acceptors (Lipinski definition) is 6. The Labute approximate surface area is 137 Å². The number of esters is 1. The summed E-state index contributed by atoms with van der Waals surface area (Å²) in [5.41, 5.74) is 2.41. The van der Waals surface area contributed by atoms with Gasteiger partial charge in [-0.1, -0.05) is 37.3 Å². The van der Waals surface area contributed by atoms with Crippen molar-refractivity contribution in [2.24, 2.45) is 0 Å². The molecule has 2 heterocycles. The lowest BCUT2D eigenvalue weighted by atomic mass is 10.0. The molecule has 0 radical (unpaired) electrons. The highest BCUT2D eigenvalue weighted by molar-refractivity contribution is 7.15. The van der Waals surface area contributed by atoms with Crippen molar-refractivity contribution in [3.63, 3.8) is 0 Å². The van der Waals surface area contributed by atoms with Crippen molar-refractivity contribution in [2.75, 3.05) is 6.61 Å². The molecule has 0 aliphatic rings. The lowest BCUT2D eigenvalue weighted by Crippen LogP contribution is -2.09. The first-order chi connectivity index (χ1) is 11.3. The zero-order chi connectivity index (χ0) is 16.2. The summed E-state index contributed by atoms with van der Waals surface area (Å²) in [4.78, 5) is 13.7. The summed E-state index contributed by atoms with van der Waals surface area (Å²) in [5, 5.41) is 12.0. The van der Waals surface area contributed by atoms with Crippen LogP contribution in [0.25, 0.3) is 16.1 Å². The quantitative estimate of drug-likeness (QED) is 0.673. The largest absolute Gasteiger partial charge is 0.462 e.